The first kappa shape index (κ1) is 36.5. The van der Waals surface area contributed by atoms with Gasteiger partial charge in [0, 0.05) is 18.4 Å². The molecular formula is C34H44N6O9S. The lowest BCUT2D eigenvalue weighted by Crippen LogP contribution is -2.58. The topological polar surface area (TPSA) is 206 Å². The molecule has 5 rings (SSSR count). The number of allylic oxidation sites excluding steroid dienone is 1. The zero-order valence-electron chi connectivity index (χ0n) is 28.2. The van der Waals surface area contributed by atoms with Gasteiger partial charge in [-0.1, -0.05) is 25.0 Å². The molecule has 16 heteroatoms. The van der Waals surface area contributed by atoms with Crippen LogP contribution in [0, 0.1) is 12.8 Å². The maximum Gasteiger partial charge on any atom is 0.405 e. The highest BCUT2D eigenvalue weighted by atomic mass is 32.2. The molecule has 2 heterocycles. The van der Waals surface area contributed by atoms with Gasteiger partial charge in [0.05, 0.1) is 29.9 Å². The number of aromatic nitrogens is 2. The summed E-state index contributed by atoms with van der Waals surface area (Å²) in [6, 6.07) is 2.88. The first-order chi connectivity index (χ1) is 23.8. The predicted octanol–water partition coefficient (Wildman–Crippen LogP) is 2.74. The zero-order valence-corrected chi connectivity index (χ0v) is 29.0. The molecule has 1 aliphatic heterocycles. The Bertz CT molecular complexity index is 1780. The van der Waals surface area contributed by atoms with Crippen molar-refractivity contribution >= 4 is 44.9 Å². The fourth-order valence-electron chi connectivity index (χ4n) is 6.32. The maximum absolute atomic E-state index is 14.1. The van der Waals surface area contributed by atoms with Crippen molar-refractivity contribution in [1.29, 1.82) is 0 Å². The normalized spacial score (nSPS) is 23.4. The number of methoxy groups -OCH3 is 1. The second-order valence-corrected chi connectivity index (χ2v) is 15.0. The van der Waals surface area contributed by atoms with Crippen molar-refractivity contribution in [2.24, 2.45) is 5.92 Å². The Hall–Kier alpha value is -4.73. The van der Waals surface area contributed by atoms with E-state index in [0.29, 0.717) is 41.7 Å². The first-order valence-electron chi connectivity index (χ1n) is 16.7. The Balaban J connectivity index is 1.40. The first-order valence-corrected chi connectivity index (χ1v) is 18.3. The number of sulfonamides is 1. The van der Waals surface area contributed by atoms with E-state index in [9.17, 15) is 32.7 Å². The molecule has 1 aromatic heterocycles. The molecule has 0 radical (unpaired) electrons. The van der Waals surface area contributed by atoms with Gasteiger partial charge in [-0.2, -0.15) is 0 Å². The molecule has 0 bridgehead atoms. The number of nitrogens with one attached hydrogen (secondary N) is 3. The van der Waals surface area contributed by atoms with E-state index in [1.54, 1.807) is 31.2 Å². The van der Waals surface area contributed by atoms with Crippen molar-refractivity contribution in [3.05, 3.63) is 49.2 Å². The van der Waals surface area contributed by atoms with Crippen molar-refractivity contribution < 1.29 is 42.2 Å². The molecule has 1 unspecified atom stereocenters. The van der Waals surface area contributed by atoms with Crippen LogP contribution in [0.2, 0.25) is 0 Å². The van der Waals surface area contributed by atoms with Gasteiger partial charge in [0.25, 0.3) is 5.91 Å². The molecule has 5 atom stereocenters. The van der Waals surface area contributed by atoms with E-state index in [1.165, 1.54) is 18.1 Å². The predicted molar refractivity (Wildman–Crippen MR) is 183 cm³/mol. The van der Waals surface area contributed by atoms with E-state index in [2.05, 4.69) is 38.5 Å². The summed E-state index contributed by atoms with van der Waals surface area (Å²) in [5, 5.41) is 14.0. The largest absolute Gasteiger partial charge is 0.497 e. The van der Waals surface area contributed by atoms with Crippen LogP contribution in [0.25, 0.3) is 11.0 Å². The van der Waals surface area contributed by atoms with Crippen molar-refractivity contribution in [3.63, 3.8) is 0 Å². The summed E-state index contributed by atoms with van der Waals surface area (Å²) in [6.45, 7) is 9.06. The summed E-state index contributed by atoms with van der Waals surface area (Å²) in [4.78, 5) is 63.7. The molecule has 0 spiro atoms. The Kier molecular flexibility index (Phi) is 11.0. The van der Waals surface area contributed by atoms with Crippen molar-refractivity contribution in [2.75, 3.05) is 13.7 Å². The van der Waals surface area contributed by atoms with Gasteiger partial charge in [-0.3, -0.25) is 19.1 Å². The summed E-state index contributed by atoms with van der Waals surface area (Å²) < 4.78 is 38.9. The third-order valence-corrected chi connectivity index (χ3v) is 11.2. The van der Waals surface area contributed by atoms with Gasteiger partial charge in [0.1, 0.15) is 35.2 Å². The van der Waals surface area contributed by atoms with Gasteiger partial charge in [0.15, 0.2) is 0 Å². The quantitative estimate of drug-likeness (QED) is 0.139. The second-order valence-electron chi connectivity index (χ2n) is 13.1. The monoisotopic (exact) mass is 712 g/mol. The number of fused-ring (bicyclic) bond motifs is 1. The second kappa shape index (κ2) is 15.0. The Morgan fingerprint density at radius 3 is 2.54 bits per heavy atom. The number of carbonyl (C=O) groups is 4. The lowest BCUT2D eigenvalue weighted by Gasteiger charge is -2.29. The van der Waals surface area contributed by atoms with Gasteiger partial charge in [-0.15, -0.1) is 13.2 Å². The number of hydrogen-bond acceptors (Lipinski definition) is 10. The number of likely N-dealkylation sites (tertiary alicyclic amines) is 1. The molecule has 270 valence electrons. The summed E-state index contributed by atoms with van der Waals surface area (Å²) in [6.07, 6.45) is 5.18. The Morgan fingerprint density at radius 1 is 1.14 bits per heavy atom. The van der Waals surface area contributed by atoms with Gasteiger partial charge < -0.3 is 30.1 Å². The standard InChI is InChI=1S/C34H44N6O9S/c1-5-7-8-9-10-11-26(37-33(44)45)31(42)40-19-23(49-30-20(3)35-25-15-12-22(48-4)16-27(25)36-30)17-28(40)29(41)38-34(18-21(34)6-2)32(43)39-50(46,47)24-13-14-24/h5-6,12,15-16,21,23-24,26,28,37H,1-2,7-11,13-14,17-19H2,3-4H3,(H,38,41)(H,39,43)(H,44,45)/t21-,23-,26?,28+,34-/m1/s1. The number of amides is 4. The maximum atomic E-state index is 14.1. The number of carbonyl (C=O) groups excluding carboxylic acids is 3. The van der Waals surface area contributed by atoms with E-state index in [4.69, 9.17) is 9.47 Å². The molecule has 15 nitrogen and oxygen atoms in total. The number of nitrogens with zero attached hydrogens (tertiary/aromatic N) is 3. The number of unbranched alkanes of at least 4 members (excludes halogenated alkanes) is 3. The summed E-state index contributed by atoms with van der Waals surface area (Å²) in [5.74, 6) is -1.99. The molecule has 2 aromatic rings. The van der Waals surface area contributed by atoms with Gasteiger partial charge in [-0.05, 0) is 57.6 Å². The average molecular weight is 713 g/mol. The molecular weight excluding hydrogens is 668 g/mol. The van der Waals surface area contributed by atoms with Crippen LogP contribution in [0.5, 0.6) is 11.6 Å². The molecule has 1 aromatic carbocycles. The number of benzene rings is 1. The van der Waals surface area contributed by atoms with E-state index in [0.717, 1.165) is 19.3 Å². The highest BCUT2D eigenvalue weighted by Gasteiger charge is 2.62. The lowest BCUT2D eigenvalue weighted by molar-refractivity contribution is -0.141. The van der Waals surface area contributed by atoms with Gasteiger partial charge >= 0.3 is 6.09 Å². The van der Waals surface area contributed by atoms with Crippen LogP contribution >= 0.6 is 0 Å². The number of ether oxygens (including phenoxy) is 2. The molecule has 2 saturated carbocycles. The lowest BCUT2D eigenvalue weighted by atomic mass is 10.0. The van der Waals surface area contributed by atoms with Crippen molar-refractivity contribution in [3.8, 4) is 11.6 Å². The fourth-order valence-corrected chi connectivity index (χ4v) is 7.68. The van der Waals surface area contributed by atoms with Crippen LogP contribution in [-0.4, -0.2) is 94.8 Å². The van der Waals surface area contributed by atoms with E-state index >= 15 is 0 Å². The Morgan fingerprint density at radius 2 is 1.90 bits per heavy atom. The number of carboxylic acid groups (broad SMARTS) is 1. The van der Waals surface area contributed by atoms with Crippen molar-refractivity contribution in [2.45, 2.75) is 93.7 Å². The highest BCUT2D eigenvalue weighted by Crippen LogP contribution is 2.45. The summed E-state index contributed by atoms with van der Waals surface area (Å²) in [5.41, 5.74) is 0.0151. The van der Waals surface area contributed by atoms with Gasteiger partial charge in [0.2, 0.25) is 27.7 Å². The SMILES string of the molecule is C=CCCCCCC(NC(=O)O)C(=O)N1C[C@H](Oc2nc3cc(OC)ccc3nc2C)C[C@H]1C(=O)N[C@]1(C(=O)NS(=O)(=O)C2CC2)C[C@H]1C=C. The molecule has 50 heavy (non-hydrogen) atoms. The van der Waals surface area contributed by atoms with E-state index < -0.39 is 68.7 Å². The van der Waals surface area contributed by atoms with Crippen LogP contribution in [0.3, 0.4) is 0 Å². The highest BCUT2D eigenvalue weighted by molar-refractivity contribution is 7.91. The van der Waals surface area contributed by atoms with Crippen LogP contribution < -0.4 is 24.8 Å². The minimum atomic E-state index is -3.91. The van der Waals surface area contributed by atoms with E-state index in [-0.39, 0.29) is 31.7 Å². The molecule has 4 amide bonds. The minimum absolute atomic E-state index is 0.0230. The zero-order chi connectivity index (χ0) is 36.2. The molecule has 2 aliphatic carbocycles. The fraction of sp³-hybridized carbons (Fsp3) is 0.529. The molecule has 1 saturated heterocycles. The van der Waals surface area contributed by atoms with Crippen LogP contribution in [0.1, 0.15) is 63.5 Å². The Labute approximate surface area is 290 Å². The third-order valence-electron chi connectivity index (χ3n) is 9.37. The minimum Gasteiger partial charge on any atom is -0.497 e. The smallest absolute Gasteiger partial charge is 0.405 e. The summed E-state index contributed by atoms with van der Waals surface area (Å²) >= 11 is 0. The molecule has 4 N–H and O–H groups in total. The van der Waals surface area contributed by atoms with Gasteiger partial charge in [-0.25, -0.2) is 23.2 Å². The summed E-state index contributed by atoms with van der Waals surface area (Å²) in [7, 11) is -2.38. The molecule has 3 fully saturated rings. The van der Waals surface area contributed by atoms with Crippen molar-refractivity contribution in [1.82, 2.24) is 30.2 Å². The third kappa shape index (κ3) is 8.17. The van der Waals surface area contributed by atoms with Crippen LogP contribution in [-0.2, 0) is 24.4 Å². The van der Waals surface area contributed by atoms with Crippen LogP contribution in [0.15, 0.2) is 43.5 Å². The molecule has 3 aliphatic rings. The van der Waals surface area contributed by atoms with Crippen LogP contribution in [0.4, 0.5) is 4.79 Å². The average Bonchev–Trinajstić information content (AvgIpc) is 4.00. The van der Waals surface area contributed by atoms with E-state index in [1.807, 2.05) is 0 Å². The number of aryl methyl sites for hydroxylation is 1. The number of rotatable bonds is 17. The number of hydrogen-bond donors (Lipinski definition) is 4.